The average molecular weight is 408 g/mol. The molecule has 0 spiro atoms. The number of aromatic nitrogens is 3. The second-order valence-corrected chi connectivity index (χ2v) is 7.02. The van der Waals surface area contributed by atoms with Crippen LogP contribution < -0.4 is 21.3 Å². The summed E-state index contributed by atoms with van der Waals surface area (Å²) < 4.78 is 5.74. The molecule has 0 fully saturated rings. The molecule has 0 aliphatic carbocycles. The van der Waals surface area contributed by atoms with Crippen molar-refractivity contribution in [2.24, 2.45) is 0 Å². The molecule has 2 aromatic heterocycles. The number of hydrogen-bond acceptors (Lipinski definition) is 5. The van der Waals surface area contributed by atoms with Gasteiger partial charge in [-0.2, -0.15) is 0 Å². The molecule has 0 aliphatic heterocycles. The molecule has 8 heteroatoms. The lowest BCUT2D eigenvalue weighted by atomic mass is 10.1. The number of ether oxygens (including phenoxy) is 1. The predicted octanol–water partition coefficient (Wildman–Crippen LogP) is 2.16. The number of nitrogens with one attached hydrogen (secondary N) is 3. The number of carbonyl (C=O) groups is 1. The minimum Gasteiger partial charge on any atom is -0.489 e. The molecule has 0 saturated carbocycles. The van der Waals surface area contributed by atoms with Gasteiger partial charge in [-0.1, -0.05) is 18.2 Å². The van der Waals surface area contributed by atoms with Crippen LogP contribution in [0, 0.1) is 6.92 Å². The Kier molecular flexibility index (Phi) is 6.79. The molecular weight excluding hydrogens is 384 g/mol. The van der Waals surface area contributed by atoms with E-state index in [1.54, 1.807) is 19.3 Å². The zero-order valence-electron chi connectivity index (χ0n) is 16.9. The highest BCUT2D eigenvalue weighted by Crippen LogP contribution is 2.19. The van der Waals surface area contributed by atoms with Crippen LogP contribution in [-0.2, 0) is 17.8 Å². The van der Waals surface area contributed by atoms with Gasteiger partial charge in [0.15, 0.2) is 0 Å². The van der Waals surface area contributed by atoms with Gasteiger partial charge in [-0.15, -0.1) is 0 Å². The Balaban J connectivity index is 1.51. The number of aromatic amines is 2. The lowest BCUT2D eigenvalue weighted by molar-refractivity contribution is -0.121. The third-order valence-corrected chi connectivity index (χ3v) is 4.74. The van der Waals surface area contributed by atoms with Crippen molar-refractivity contribution in [3.05, 3.63) is 92.0 Å². The molecule has 3 N–H and O–H groups in total. The fourth-order valence-electron chi connectivity index (χ4n) is 3.07. The SMILES string of the molecule is Cc1[nH]c(=O)[nH]c(=O)c1CCC(=O)NC(C)c1ccc(OCc2cccnc2)cc1. The van der Waals surface area contributed by atoms with Crippen molar-refractivity contribution >= 4 is 5.91 Å². The Labute approximate surface area is 173 Å². The van der Waals surface area contributed by atoms with Crippen LogP contribution in [0.25, 0.3) is 0 Å². The lowest BCUT2D eigenvalue weighted by Gasteiger charge is -2.15. The van der Waals surface area contributed by atoms with Gasteiger partial charge in [-0.3, -0.25) is 19.6 Å². The zero-order chi connectivity index (χ0) is 21.5. The Morgan fingerprint density at radius 2 is 1.93 bits per heavy atom. The van der Waals surface area contributed by atoms with Crippen LogP contribution in [0.4, 0.5) is 0 Å². The van der Waals surface area contributed by atoms with Crippen LogP contribution in [0.2, 0.25) is 0 Å². The van der Waals surface area contributed by atoms with Crippen LogP contribution in [0.15, 0.2) is 58.4 Å². The van der Waals surface area contributed by atoms with Crippen LogP contribution in [0.3, 0.4) is 0 Å². The van der Waals surface area contributed by atoms with Crippen LogP contribution in [0.1, 0.15) is 41.8 Å². The van der Waals surface area contributed by atoms with Gasteiger partial charge in [0.25, 0.3) is 5.56 Å². The summed E-state index contributed by atoms with van der Waals surface area (Å²) >= 11 is 0. The molecule has 2 heterocycles. The highest BCUT2D eigenvalue weighted by atomic mass is 16.5. The van der Waals surface area contributed by atoms with E-state index in [0.717, 1.165) is 16.9 Å². The van der Waals surface area contributed by atoms with Crippen molar-refractivity contribution in [1.82, 2.24) is 20.3 Å². The molecule has 0 aliphatic rings. The van der Waals surface area contributed by atoms with E-state index in [9.17, 15) is 14.4 Å². The summed E-state index contributed by atoms with van der Waals surface area (Å²) in [5.41, 5.74) is 1.80. The predicted molar refractivity (Wildman–Crippen MR) is 112 cm³/mol. The Bertz CT molecular complexity index is 1100. The van der Waals surface area contributed by atoms with Gasteiger partial charge in [0, 0.05) is 35.6 Å². The standard InChI is InChI=1S/C22H24N4O4/c1-14(24-20(27)10-9-19-15(2)25-22(29)26-21(19)28)17-5-7-18(8-6-17)30-13-16-4-3-11-23-12-16/h3-8,11-12,14H,9-10,13H2,1-2H3,(H,24,27)(H2,25,26,28,29). The fraction of sp³-hybridized carbons (Fsp3) is 0.273. The number of nitrogens with zero attached hydrogens (tertiary/aromatic N) is 1. The first kappa shape index (κ1) is 21.0. The Hall–Kier alpha value is -3.68. The minimum absolute atomic E-state index is 0.145. The topological polar surface area (TPSA) is 117 Å². The largest absolute Gasteiger partial charge is 0.489 e. The third kappa shape index (κ3) is 5.66. The maximum atomic E-state index is 12.3. The first-order chi connectivity index (χ1) is 14.4. The second-order valence-electron chi connectivity index (χ2n) is 7.02. The van der Waals surface area contributed by atoms with Gasteiger partial charge in [0.05, 0.1) is 6.04 Å². The van der Waals surface area contributed by atoms with Gasteiger partial charge in [0.2, 0.25) is 5.91 Å². The molecule has 156 valence electrons. The van der Waals surface area contributed by atoms with Gasteiger partial charge >= 0.3 is 5.69 Å². The van der Waals surface area contributed by atoms with E-state index < -0.39 is 11.2 Å². The molecule has 1 unspecified atom stereocenters. The van der Waals surface area contributed by atoms with Crippen molar-refractivity contribution in [2.45, 2.75) is 39.3 Å². The van der Waals surface area contributed by atoms with Crippen molar-refractivity contribution in [3.63, 3.8) is 0 Å². The Morgan fingerprint density at radius 3 is 2.60 bits per heavy atom. The minimum atomic E-state index is -0.549. The number of carbonyl (C=O) groups excluding carboxylic acids is 1. The van der Waals surface area contributed by atoms with Crippen molar-refractivity contribution in [3.8, 4) is 5.75 Å². The summed E-state index contributed by atoms with van der Waals surface area (Å²) in [6, 6.07) is 11.1. The van der Waals surface area contributed by atoms with Gasteiger partial charge in [-0.05, 0) is 44.0 Å². The molecule has 1 amide bonds. The monoisotopic (exact) mass is 408 g/mol. The summed E-state index contributed by atoms with van der Waals surface area (Å²) in [7, 11) is 0. The van der Waals surface area contributed by atoms with E-state index in [-0.39, 0.29) is 24.8 Å². The number of benzene rings is 1. The highest BCUT2D eigenvalue weighted by molar-refractivity contribution is 5.76. The normalized spacial score (nSPS) is 11.7. The third-order valence-electron chi connectivity index (χ3n) is 4.74. The molecular formula is C22H24N4O4. The number of amides is 1. The molecule has 0 saturated heterocycles. The van der Waals surface area contributed by atoms with E-state index >= 15 is 0 Å². The molecule has 0 radical (unpaired) electrons. The molecule has 3 rings (SSSR count). The van der Waals surface area contributed by atoms with Crippen molar-refractivity contribution in [2.75, 3.05) is 0 Å². The van der Waals surface area contributed by atoms with Crippen LogP contribution in [-0.4, -0.2) is 20.9 Å². The summed E-state index contributed by atoms with van der Waals surface area (Å²) in [6.45, 7) is 3.97. The van der Waals surface area contributed by atoms with Crippen LogP contribution >= 0.6 is 0 Å². The average Bonchev–Trinajstić information content (AvgIpc) is 2.72. The molecule has 30 heavy (non-hydrogen) atoms. The number of aryl methyl sites for hydroxylation is 1. The highest BCUT2D eigenvalue weighted by Gasteiger charge is 2.12. The maximum absolute atomic E-state index is 12.3. The van der Waals surface area contributed by atoms with E-state index in [0.29, 0.717) is 17.9 Å². The summed E-state index contributed by atoms with van der Waals surface area (Å²) in [5.74, 6) is 0.554. The van der Waals surface area contributed by atoms with Gasteiger partial charge in [0.1, 0.15) is 12.4 Å². The maximum Gasteiger partial charge on any atom is 0.325 e. The molecule has 0 bridgehead atoms. The van der Waals surface area contributed by atoms with Crippen molar-refractivity contribution < 1.29 is 9.53 Å². The van der Waals surface area contributed by atoms with E-state index in [1.807, 2.05) is 43.3 Å². The number of hydrogen-bond donors (Lipinski definition) is 3. The van der Waals surface area contributed by atoms with Gasteiger partial charge < -0.3 is 15.0 Å². The van der Waals surface area contributed by atoms with E-state index in [4.69, 9.17) is 4.74 Å². The van der Waals surface area contributed by atoms with E-state index in [1.165, 1.54) is 0 Å². The summed E-state index contributed by atoms with van der Waals surface area (Å²) in [6.07, 6.45) is 3.87. The summed E-state index contributed by atoms with van der Waals surface area (Å²) in [4.78, 5) is 44.2. The molecule has 1 aromatic carbocycles. The first-order valence-corrected chi connectivity index (χ1v) is 9.65. The van der Waals surface area contributed by atoms with Gasteiger partial charge in [-0.25, -0.2) is 4.79 Å². The fourth-order valence-corrected chi connectivity index (χ4v) is 3.07. The number of pyridine rings is 1. The van der Waals surface area contributed by atoms with Crippen molar-refractivity contribution in [1.29, 1.82) is 0 Å². The molecule has 1 atom stereocenters. The lowest BCUT2D eigenvalue weighted by Crippen LogP contribution is -2.30. The first-order valence-electron chi connectivity index (χ1n) is 9.65. The molecule has 3 aromatic rings. The Morgan fingerprint density at radius 1 is 1.17 bits per heavy atom. The van der Waals surface area contributed by atoms with E-state index in [2.05, 4.69) is 20.3 Å². The second kappa shape index (κ2) is 9.69. The summed E-state index contributed by atoms with van der Waals surface area (Å²) in [5, 5.41) is 2.92. The van der Waals surface area contributed by atoms with Crippen LogP contribution in [0.5, 0.6) is 5.75 Å². The smallest absolute Gasteiger partial charge is 0.325 e. The number of rotatable bonds is 8. The quantitative estimate of drug-likeness (QED) is 0.528. The molecule has 8 nitrogen and oxygen atoms in total. The zero-order valence-corrected chi connectivity index (χ0v) is 16.9. The number of H-pyrrole nitrogens is 2.